The van der Waals surface area contributed by atoms with Gasteiger partial charge < -0.3 is 4.74 Å². The number of nitrogens with zero attached hydrogens (tertiary/aromatic N) is 1. The van der Waals surface area contributed by atoms with Crippen LogP contribution in [0.25, 0.3) is 6.08 Å². The Morgan fingerprint density at radius 2 is 1.65 bits per heavy atom. The molecule has 0 radical (unpaired) electrons. The summed E-state index contributed by atoms with van der Waals surface area (Å²) >= 11 is 0. The molecule has 1 aromatic rings. The Bertz CT molecular complexity index is 520. The summed E-state index contributed by atoms with van der Waals surface area (Å²) in [7, 11) is 0. The van der Waals surface area contributed by atoms with E-state index in [1.54, 1.807) is 31.2 Å². The molecule has 5 nitrogen and oxygen atoms in total. The Kier molecular flexibility index (Phi) is 5.65. The molecule has 1 aromatic carbocycles. The number of carbonyl (C=O) groups is 3. The van der Waals surface area contributed by atoms with Crippen LogP contribution in [-0.2, 0) is 19.1 Å². The molecule has 0 aromatic heterocycles. The summed E-state index contributed by atoms with van der Waals surface area (Å²) < 4.78 is 4.90. The van der Waals surface area contributed by atoms with E-state index in [-0.39, 0.29) is 12.3 Å². The number of imide groups is 1. The second-order valence-corrected chi connectivity index (χ2v) is 4.03. The van der Waals surface area contributed by atoms with Crippen molar-refractivity contribution in [2.75, 3.05) is 6.61 Å². The number of ether oxygens (including phenoxy) is 1. The Labute approximate surface area is 117 Å². The van der Waals surface area contributed by atoms with Gasteiger partial charge in [0.1, 0.15) is 5.70 Å². The van der Waals surface area contributed by atoms with Crippen molar-refractivity contribution in [3.8, 4) is 0 Å². The lowest BCUT2D eigenvalue weighted by atomic mass is 10.2. The normalized spacial score (nSPS) is 10.8. The highest BCUT2D eigenvalue weighted by Gasteiger charge is 2.25. The number of amides is 2. The maximum absolute atomic E-state index is 12.0. The van der Waals surface area contributed by atoms with Gasteiger partial charge in [-0.3, -0.25) is 9.59 Å². The molecule has 2 amide bonds. The van der Waals surface area contributed by atoms with E-state index in [0.29, 0.717) is 5.56 Å². The van der Waals surface area contributed by atoms with E-state index in [0.717, 1.165) is 4.90 Å². The van der Waals surface area contributed by atoms with Gasteiger partial charge in [0.25, 0.3) is 0 Å². The Hall–Kier alpha value is -2.43. The van der Waals surface area contributed by atoms with Crippen molar-refractivity contribution in [1.29, 1.82) is 0 Å². The van der Waals surface area contributed by atoms with E-state index in [1.807, 2.05) is 6.07 Å². The quantitative estimate of drug-likeness (QED) is 0.622. The number of hydrogen-bond acceptors (Lipinski definition) is 4. The molecule has 20 heavy (non-hydrogen) atoms. The van der Waals surface area contributed by atoms with Crippen molar-refractivity contribution in [2.45, 2.75) is 20.8 Å². The molecule has 0 bridgehead atoms. The molecule has 1 rings (SSSR count). The van der Waals surface area contributed by atoms with E-state index in [9.17, 15) is 14.4 Å². The zero-order valence-corrected chi connectivity index (χ0v) is 11.8. The smallest absolute Gasteiger partial charge is 0.355 e. The fraction of sp³-hybridized carbons (Fsp3) is 0.267. The number of rotatable bonds is 4. The molecular formula is C15H17NO4. The van der Waals surface area contributed by atoms with Gasteiger partial charge in [-0.2, -0.15) is 0 Å². The molecule has 0 spiro atoms. The van der Waals surface area contributed by atoms with Crippen LogP contribution in [-0.4, -0.2) is 29.3 Å². The van der Waals surface area contributed by atoms with Crippen LogP contribution in [0.5, 0.6) is 0 Å². The van der Waals surface area contributed by atoms with Crippen molar-refractivity contribution < 1.29 is 19.1 Å². The van der Waals surface area contributed by atoms with Gasteiger partial charge in [-0.15, -0.1) is 0 Å². The predicted octanol–water partition coefficient (Wildman–Crippen LogP) is 1.99. The zero-order chi connectivity index (χ0) is 15.1. The molecule has 5 heteroatoms. The van der Waals surface area contributed by atoms with Gasteiger partial charge >= 0.3 is 5.97 Å². The average Bonchev–Trinajstić information content (AvgIpc) is 2.38. The van der Waals surface area contributed by atoms with Crippen LogP contribution in [0.2, 0.25) is 0 Å². The third kappa shape index (κ3) is 4.05. The Balaban J connectivity index is 3.27. The first kappa shape index (κ1) is 15.6. The molecule has 0 N–H and O–H groups in total. The second-order valence-electron chi connectivity index (χ2n) is 4.03. The third-order valence-electron chi connectivity index (χ3n) is 2.46. The first-order valence-corrected chi connectivity index (χ1v) is 6.22. The minimum Gasteiger partial charge on any atom is -0.461 e. The zero-order valence-electron chi connectivity index (χ0n) is 11.8. The van der Waals surface area contributed by atoms with Crippen LogP contribution in [0, 0.1) is 0 Å². The highest BCUT2D eigenvalue weighted by atomic mass is 16.5. The fourth-order valence-corrected chi connectivity index (χ4v) is 1.69. The van der Waals surface area contributed by atoms with Gasteiger partial charge in [-0.1, -0.05) is 30.3 Å². The first-order valence-electron chi connectivity index (χ1n) is 6.22. The maximum Gasteiger partial charge on any atom is 0.355 e. The summed E-state index contributed by atoms with van der Waals surface area (Å²) in [4.78, 5) is 35.9. The van der Waals surface area contributed by atoms with Crippen LogP contribution in [0.1, 0.15) is 26.3 Å². The van der Waals surface area contributed by atoms with Crippen LogP contribution in [0.3, 0.4) is 0 Å². The van der Waals surface area contributed by atoms with Crippen molar-refractivity contribution in [1.82, 2.24) is 4.90 Å². The second kappa shape index (κ2) is 7.23. The largest absolute Gasteiger partial charge is 0.461 e. The van der Waals surface area contributed by atoms with Crippen LogP contribution in [0.4, 0.5) is 0 Å². The van der Waals surface area contributed by atoms with Crippen molar-refractivity contribution in [2.24, 2.45) is 0 Å². The van der Waals surface area contributed by atoms with Crippen LogP contribution in [0.15, 0.2) is 36.0 Å². The molecule has 106 valence electrons. The first-order chi connectivity index (χ1) is 9.47. The molecule has 0 heterocycles. The number of carbonyl (C=O) groups excluding carboxylic acids is 3. The van der Waals surface area contributed by atoms with Gasteiger partial charge in [0.15, 0.2) is 0 Å². The summed E-state index contributed by atoms with van der Waals surface area (Å²) in [6.45, 7) is 4.26. The van der Waals surface area contributed by atoms with Gasteiger partial charge in [-0.25, -0.2) is 9.69 Å². The van der Waals surface area contributed by atoms with Crippen molar-refractivity contribution in [3.05, 3.63) is 41.6 Å². The van der Waals surface area contributed by atoms with Gasteiger partial charge in [0.2, 0.25) is 11.8 Å². The van der Waals surface area contributed by atoms with Crippen LogP contribution >= 0.6 is 0 Å². The monoisotopic (exact) mass is 275 g/mol. The summed E-state index contributed by atoms with van der Waals surface area (Å²) in [5, 5.41) is 0. The fourth-order valence-electron chi connectivity index (χ4n) is 1.69. The topological polar surface area (TPSA) is 63.7 Å². The highest BCUT2D eigenvalue weighted by Crippen LogP contribution is 2.14. The van der Waals surface area contributed by atoms with Gasteiger partial charge in [0, 0.05) is 13.8 Å². The maximum atomic E-state index is 12.0. The molecule has 0 aliphatic rings. The highest BCUT2D eigenvalue weighted by molar-refractivity contribution is 6.06. The van der Waals surface area contributed by atoms with E-state index in [4.69, 9.17) is 4.74 Å². The molecule has 0 saturated carbocycles. The van der Waals surface area contributed by atoms with Crippen molar-refractivity contribution in [3.63, 3.8) is 0 Å². The lowest BCUT2D eigenvalue weighted by Crippen LogP contribution is -2.36. The Morgan fingerprint density at radius 3 is 2.10 bits per heavy atom. The summed E-state index contributed by atoms with van der Waals surface area (Å²) in [5.41, 5.74) is 0.612. The molecule has 0 aliphatic carbocycles. The Morgan fingerprint density at radius 1 is 1.10 bits per heavy atom. The van der Waals surface area contributed by atoms with Crippen molar-refractivity contribution >= 4 is 23.9 Å². The minimum atomic E-state index is -0.707. The molecule has 0 fully saturated rings. The van der Waals surface area contributed by atoms with E-state index in [2.05, 4.69) is 0 Å². The summed E-state index contributed by atoms with van der Waals surface area (Å²) in [5.74, 6) is -1.78. The number of benzene rings is 1. The molecule has 0 saturated heterocycles. The van der Waals surface area contributed by atoms with Crippen LogP contribution < -0.4 is 0 Å². The molecule has 0 atom stereocenters. The van der Waals surface area contributed by atoms with E-state index in [1.165, 1.54) is 19.9 Å². The molecule has 0 unspecified atom stereocenters. The lowest BCUT2D eigenvalue weighted by molar-refractivity contribution is -0.148. The predicted molar refractivity (Wildman–Crippen MR) is 74.3 cm³/mol. The number of esters is 1. The van der Waals surface area contributed by atoms with Gasteiger partial charge in [-0.05, 0) is 18.6 Å². The minimum absolute atomic E-state index is 0.0851. The SMILES string of the molecule is CCOC(=O)C(=Cc1ccccc1)N(C(C)=O)C(C)=O. The van der Waals surface area contributed by atoms with Gasteiger partial charge in [0.05, 0.1) is 6.61 Å². The van der Waals surface area contributed by atoms with E-state index >= 15 is 0 Å². The summed E-state index contributed by atoms with van der Waals surface area (Å²) in [6, 6.07) is 8.94. The third-order valence-corrected chi connectivity index (χ3v) is 2.46. The average molecular weight is 275 g/mol. The lowest BCUT2D eigenvalue weighted by Gasteiger charge is -2.19. The standard InChI is InChI=1S/C15H17NO4/c1-4-20-15(19)14(16(11(2)17)12(3)18)10-13-8-6-5-7-9-13/h5-10H,4H2,1-3H3. The van der Waals surface area contributed by atoms with E-state index < -0.39 is 17.8 Å². The molecule has 0 aliphatic heterocycles. The molecular weight excluding hydrogens is 258 g/mol. The number of hydrogen-bond donors (Lipinski definition) is 0. The summed E-state index contributed by atoms with van der Waals surface area (Å²) in [6.07, 6.45) is 1.46.